The topological polar surface area (TPSA) is 65.5 Å². The first-order valence-corrected chi connectivity index (χ1v) is 12.0. The molecule has 1 saturated heterocycles. The van der Waals surface area contributed by atoms with Crippen LogP contribution in [0.1, 0.15) is 68.7 Å². The van der Waals surface area contributed by atoms with Crippen LogP contribution in [0.3, 0.4) is 0 Å². The maximum Gasteiger partial charge on any atom is 0.416 e. The van der Waals surface area contributed by atoms with Crippen LogP contribution in [0.5, 0.6) is 5.88 Å². The number of halogens is 3. The van der Waals surface area contributed by atoms with Gasteiger partial charge in [0.25, 0.3) is 0 Å². The van der Waals surface area contributed by atoms with Gasteiger partial charge < -0.3 is 9.47 Å². The molecule has 2 heterocycles. The van der Waals surface area contributed by atoms with Crippen molar-refractivity contribution in [2.24, 2.45) is 0 Å². The van der Waals surface area contributed by atoms with Gasteiger partial charge in [0.15, 0.2) is 9.84 Å². The largest absolute Gasteiger partial charge is 0.481 e. The van der Waals surface area contributed by atoms with Gasteiger partial charge in [0, 0.05) is 18.9 Å². The van der Waals surface area contributed by atoms with Crippen molar-refractivity contribution >= 4 is 9.84 Å². The molecule has 0 saturated carbocycles. The minimum atomic E-state index is -4.64. The monoisotopic (exact) mass is 471 g/mol. The van der Waals surface area contributed by atoms with Gasteiger partial charge in [-0.1, -0.05) is 13.8 Å². The van der Waals surface area contributed by atoms with Crippen molar-refractivity contribution in [1.82, 2.24) is 4.98 Å². The number of ether oxygens (including phenoxy) is 2. The standard InChI is InChI=1S/C23H28F3NO4S/c1-5-15(2)17-10-18(23(24,25)26)12-19(11-17)32(28,29)22(3)8-9-31-20(13-22)16-6-7-21(30-4)27-14-16/h6-7,10-12,14-15,20H,5,8-9,13H2,1-4H3. The fraction of sp³-hybridized carbons (Fsp3) is 0.522. The van der Waals surface area contributed by atoms with Crippen LogP contribution in [0.15, 0.2) is 41.4 Å². The third kappa shape index (κ3) is 4.78. The predicted octanol–water partition coefficient (Wildman–Crippen LogP) is 5.71. The van der Waals surface area contributed by atoms with Crippen molar-refractivity contribution in [2.75, 3.05) is 13.7 Å². The van der Waals surface area contributed by atoms with Crippen LogP contribution in [0, 0.1) is 0 Å². The Morgan fingerprint density at radius 3 is 2.56 bits per heavy atom. The first-order valence-electron chi connectivity index (χ1n) is 10.5. The van der Waals surface area contributed by atoms with Crippen LogP contribution in [0.2, 0.25) is 0 Å². The minimum absolute atomic E-state index is 0.109. The molecule has 1 aromatic heterocycles. The lowest BCUT2D eigenvalue weighted by Crippen LogP contribution is -2.42. The molecule has 1 aliphatic rings. The summed E-state index contributed by atoms with van der Waals surface area (Å²) in [5.74, 6) is 0.216. The molecule has 0 bridgehead atoms. The summed E-state index contributed by atoms with van der Waals surface area (Å²) in [6.45, 7) is 5.39. The lowest BCUT2D eigenvalue weighted by molar-refractivity contribution is -0.137. The van der Waals surface area contributed by atoms with Crippen LogP contribution in [-0.4, -0.2) is 31.9 Å². The number of methoxy groups -OCH3 is 1. The summed E-state index contributed by atoms with van der Waals surface area (Å²) in [5, 5.41) is 0. The van der Waals surface area contributed by atoms with Crippen LogP contribution in [0.25, 0.3) is 0 Å². The number of rotatable bonds is 6. The van der Waals surface area contributed by atoms with Crippen molar-refractivity contribution in [2.45, 2.75) is 67.9 Å². The Morgan fingerprint density at radius 1 is 1.28 bits per heavy atom. The number of hydrogen-bond donors (Lipinski definition) is 0. The Bertz CT molecular complexity index is 1050. The normalized spacial score (nSPS) is 23.0. The molecule has 5 nitrogen and oxygen atoms in total. The van der Waals surface area contributed by atoms with Gasteiger partial charge in [-0.15, -0.1) is 0 Å². The van der Waals surface area contributed by atoms with E-state index in [0.29, 0.717) is 23.4 Å². The second-order valence-corrected chi connectivity index (χ2v) is 11.0. The fourth-order valence-electron chi connectivity index (χ4n) is 3.88. The number of pyridine rings is 1. The Labute approximate surface area is 186 Å². The molecule has 1 aromatic carbocycles. The number of sulfone groups is 1. The van der Waals surface area contributed by atoms with E-state index < -0.39 is 32.4 Å². The first kappa shape index (κ1) is 24.5. The van der Waals surface area contributed by atoms with E-state index in [1.165, 1.54) is 13.2 Å². The molecule has 32 heavy (non-hydrogen) atoms. The highest BCUT2D eigenvalue weighted by Gasteiger charge is 2.46. The average molecular weight is 472 g/mol. The predicted molar refractivity (Wildman–Crippen MR) is 114 cm³/mol. The molecule has 0 N–H and O–H groups in total. The smallest absolute Gasteiger partial charge is 0.416 e. The van der Waals surface area contributed by atoms with E-state index in [9.17, 15) is 21.6 Å². The fourth-order valence-corrected chi connectivity index (χ4v) is 5.74. The summed E-state index contributed by atoms with van der Waals surface area (Å²) in [5.41, 5.74) is 0.115. The van der Waals surface area contributed by atoms with Crippen molar-refractivity contribution in [3.63, 3.8) is 0 Å². The van der Waals surface area contributed by atoms with E-state index in [1.807, 2.05) is 6.92 Å². The highest BCUT2D eigenvalue weighted by Crippen LogP contribution is 2.43. The molecule has 1 fully saturated rings. The quantitative estimate of drug-likeness (QED) is 0.540. The molecule has 9 heteroatoms. The third-order valence-corrected chi connectivity index (χ3v) is 8.83. The maximum atomic E-state index is 13.7. The van der Waals surface area contributed by atoms with Crippen molar-refractivity contribution < 1.29 is 31.1 Å². The van der Waals surface area contributed by atoms with E-state index in [1.54, 1.807) is 32.2 Å². The molecule has 0 aliphatic carbocycles. The SMILES string of the molecule is CCC(C)c1cc(C(F)(F)F)cc(S(=O)(=O)C2(C)CCOC(c3ccc(OC)nc3)C2)c1. The summed E-state index contributed by atoms with van der Waals surface area (Å²) in [6.07, 6.45) is -2.72. The molecule has 176 valence electrons. The van der Waals surface area contributed by atoms with Gasteiger partial charge in [0.05, 0.1) is 28.4 Å². The first-order chi connectivity index (χ1) is 14.9. The molecule has 2 aromatic rings. The molecule has 0 radical (unpaired) electrons. The summed E-state index contributed by atoms with van der Waals surface area (Å²) < 4.78 is 77.6. The van der Waals surface area contributed by atoms with Gasteiger partial charge >= 0.3 is 6.18 Å². The van der Waals surface area contributed by atoms with E-state index in [4.69, 9.17) is 9.47 Å². The zero-order valence-corrected chi connectivity index (χ0v) is 19.4. The van der Waals surface area contributed by atoms with Crippen molar-refractivity contribution in [3.8, 4) is 5.88 Å². The number of hydrogen-bond acceptors (Lipinski definition) is 5. The summed E-state index contributed by atoms with van der Waals surface area (Å²) in [4.78, 5) is 3.85. The molecule has 1 aliphatic heterocycles. The molecule has 3 unspecified atom stereocenters. The molecular weight excluding hydrogens is 443 g/mol. The Balaban J connectivity index is 2.01. The van der Waals surface area contributed by atoms with Gasteiger partial charge in [-0.25, -0.2) is 13.4 Å². The highest BCUT2D eigenvalue weighted by molar-refractivity contribution is 7.92. The van der Waals surface area contributed by atoms with Crippen LogP contribution in [0.4, 0.5) is 13.2 Å². The molecule has 3 rings (SSSR count). The second kappa shape index (κ2) is 9.02. The Kier molecular flexibility index (Phi) is 6.91. The number of nitrogens with zero attached hydrogens (tertiary/aromatic N) is 1. The molecule has 3 atom stereocenters. The van der Waals surface area contributed by atoms with Gasteiger partial charge in [0.2, 0.25) is 5.88 Å². The lowest BCUT2D eigenvalue weighted by atomic mass is 9.93. The number of alkyl halides is 3. The summed E-state index contributed by atoms with van der Waals surface area (Å²) >= 11 is 0. The highest BCUT2D eigenvalue weighted by atomic mass is 32.2. The number of aromatic nitrogens is 1. The zero-order valence-electron chi connectivity index (χ0n) is 18.6. The molecule has 0 spiro atoms. The average Bonchev–Trinajstić information content (AvgIpc) is 2.77. The Hall–Kier alpha value is -2.13. The summed E-state index contributed by atoms with van der Waals surface area (Å²) in [6, 6.07) is 6.60. The van der Waals surface area contributed by atoms with E-state index >= 15 is 0 Å². The van der Waals surface area contributed by atoms with Gasteiger partial charge in [-0.3, -0.25) is 0 Å². The van der Waals surface area contributed by atoms with E-state index in [-0.39, 0.29) is 30.3 Å². The van der Waals surface area contributed by atoms with Crippen molar-refractivity contribution in [1.29, 1.82) is 0 Å². The van der Waals surface area contributed by atoms with Crippen LogP contribution in [-0.2, 0) is 20.8 Å². The minimum Gasteiger partial charge on any atom is -0.481 e. The molecular formula is C23H28F3NO4S. The Morgan fingerprint density at radius 2 is 2.00 bits per heavy atom. The van der Waals surface area contributed by atoms with Crippen LogP contribution < -0.4 is 4.74 Å². The van der Waals surface area contributed by atoms with E-state index in [2.05, 4.69) is 4.98 Å². The van der Waals surface area contributed by atoms with Crippen molar-refractivity contribution in [3.05, 3.63) is 53.2 Å². The zero-order chi connectivity index (χ0) is 23.7. The maximum absolute atomic E-state index is 13.7. The van der Waals surface area contributed by atoms with Gasteiger partial charge in [0.1, 0.15) is 0 Å². The second-order valence-electron chi connectivity index (χ2n) is 8.50. The third-order valence-electron chi connectivity index (χ3n) is 6.30. The number of benzene rings is 1. The van der Waals surface area contributed by atoms with Gasteiger partial charge in [-0.05, 0) is 67.5 Å². The molecule has 0 amide bonds. The van der Waals surface area contributed by atoms with Gasteiger partial charge in [-0.2, -0.15) is 13.2 Å². The summed E-state index contributed by atoms with van der Waals surface area (Å²) in [7, 11) is -2.60. The van der Waals surface area contributed by atoms with Crippen LogP contribution >= 0.6 is 0 Å². The van der Waals surface area contributed by atoms with E-state index in [0.717, 1.165) is 12.1 Å². The lowest BCUT2D eigenvalue weighted by Gasteiger charge is -2.38.